The normalized spacial score (nSPS) is 9.84. The van der Waals surface area contributed by atoms with Gasteiger partial charge in [0.2, 0.25) is 0 Å². The maximum absolute atomic E-state index is 12.9. The predicted octanol–water partition coefficient (Wildman–Crippen LogP) is -0.196. The van der Waals surface area contributed by atoms with Gasteiger partial charge in [-0.1, -0.05) is 0 Å². The monoisotopic (exact) mass is 269 g/mol. The molecule has 0 unspecified atom stereocenters. The quantitative estimate of drug-likeness (QED) is 0.659. The van der Waals surface area contributed by atoms with E-state index in [1.807, 2.05) is 0 Å². The molecule has 0 bridgehead atoms. The number of aromatic nitrogens is 1. The number of hydrogen-bond acceptors (Lipinski definition) is 4. The molecule has 19 heavy (non-hydrogen) atoms. The van der Waals surface area contributed by atoms with Crippen LogP contribution in [0.3, 0.4) is 0 Å². The van der Waals surface area contributed by atoms with Crippen molar-refractivity contribution in [2.45, 2.75) is 0 Å². The lowest BCUT2D eigenvalue weighted by Gasteiger charge is -2.12. The standard InChI is InChI=1S/C11H16FN5O2/c1-17(2)11(19)15-4-3-14-10(18)8-5-7(12)6-16-9(8)13/h5-6H,3-4H2,1-2H3,(H2,13,16)(H,14,18)(H,15,19). The number of pyridine rings is 1. The molecule has 0 aliphatic rings. The van der Waals surface area contributed by atoms with Crippen molar-refractivity contribution in [2.75, 3.05) is 32.9 Å². The zero-order valence-corrected chi connectivity index (χ0v) is 10.7. The van der Waals surface area contributed by atoms with E-state index >= 15 is 0 Å². The smallest absolute Gasteiger partial charge is 0.316 e. The summed E-state index contributed by atoms with van der Waals surface area (Å²) in [7, 11) is 3.21. The summed E-state index contributed by atoms with van der Waals surface area (Å²) in [4.78, 5) is 27.8. The van der Waals surface area contributed by atoms with Gasteiger partial charge in [0.25, 0.3) is 5.91 Å². The van der Waals surface area contributed by atoms with Crippen LogP contribution in [0.5, 0.6) is 0 Å². The van der Waals surface area contributed by atoms with Gasteiger partial charge in [0, 0.05) is 27.2 Å². The fourth-order valence-corrected chi connectivity index (χ4v) is 1.23. The SMILES string of the molecule is CN(C)C(=O)NCCNC(=O)c1cc(F)cnc1N. The molecule has 0 spiro atoms. The van der Waals surface area contributed by atoms with Crippen molar-refractivity contribution < 1.29 is 14.0 Å². The van der Waals surface area contributed by atoms with E-state index < -0.39 is 11.7 Å². The minimum atomic E-state index is -0.639. The second-order valence-electron chi connectivity index (χ2n) is 3.97. The van der Waals surface area contributed by atoms with Crippen LogP contribution in [0.15, 0.2) is 12.3 Å². The molecule has 0 aliphatic carbocycles. The largest absolute Gasteiger partial charge is 0.383 e. The number of hydrogen-bond donors (Lipinski definition) is 3. The molecule has 104 valence electrons. The molecule has 0 saturated heterocycles. The molecule has 0 aromatic carbocycles. The van der Waals surface area contributed by atoms with E-state index in [1.54, 1.807) is 14.1 Å². The van der Waals surface area contributed by atoms with E-state index in [4.69, 9.17) is 5.73 Å². The van der Waals surface area contributed by atoms with Crippen LogP contribution in [0.4, 0.5) is 15.0 Å². The van der Waals surface area contributed by atoms with Gasteiger partial charge in [-0.2, -0.15) is 0 Å². The zero-order valence-electron chi connectivity index (χ0n) is 10.7. The lowest BCUT2D eigenvalue weighted by Crippen LogP contribution is -2.39. The summed E-state index contributed by atoms with van der Waals surface area (Å²) in [6.07, 6.45) is 0.934. The zero-order chi connectivity index (χ0) is 14.4. The molecule has 7 nitrogen and oxygen atoms in total. The van der Waals surface area contributed by atoms with E-state index in [9.17, 15) is 14.0 Å². The molecular weight excluding hydrogens is 253 g/mol. The van der Waals surface area contributed by atoms with E-state index in [-0.39, 0.29) is 30.5 Å². The summed E-state index contributed by atoms with van der Waals surface area (Å²) in [6, 6.07) is 0.747. The van der Waals surface area contributed by atoms with Crippen LogP contribution in [-0.4, -0.2) is 49.0 Å². The Morgan fingerprint density at radius 3 is 2.63 bits per heavy atom. The van der Waals surface area contributed by atoms with Crippen molar-refractivity contribution in [3.05, 3.63) is 23.6 Å². The average Bonchev–Trinajstić information content (AvgIpc) is 2.36. The molecule has 1 heterocycles. The summed E-state index contributed by atoms with van der Waals surface area (Å²) in [5, 5.41) is 5.07. The highest BCUT2D eigenvalue weighted by Crippen LogP contribution is 2.09. The van der Waals surface area contributed by atoms with Crippen LogP contribution < -0.4 is 16.4 Å². The van der Waals surface area contributed by atoms with Crippen LogP contribution >= 0.6 is 0 Å². The van der Waals surface area contributed by atoms with Crippen LogP contribution in [0.1, 0.15) is 10.4 Å². The molecular formula is C11H16FN5O2. The third-order valence-electron chi connectivity index (χ3n) is 2.22. The minimum Gasteiger partial charge on any atom is -0.383 e. The molecule has 8 heteroatoms. The average molecular weight is 269 g/mol. The molecule has 3 amide bonds. The van der Waals surface area contributed by atoms with Gasteiger partial charge in [0.1, 0.15) is 11.6 Å². The van der Waals surface area contributed by atoms with Crippen molar-refractivity contribution >= 4 is 17.8 Å². The second kappa shape index (κ2) is 6.53. The van der Waals surface area contributed by atoms with Crippen molar-refractivity contribution in [1.29, 1.82) is 0 Å². The molecule has 0 saturated carbocycles. The van der Waals surface area contributed by atoms with Crippen molar-refractivity contribution in [3.63, 3.8) is 0 Å². The van der Waals surface area contributed by atoms with E-state index in [0.717, 1.165) is 12.3 Å². The Labute approximate surface area is 110 Å². The molecule has 4 N–H and O–H groups in total. The Morgan fingerprint density at radius 2 is 2.00 bits per heavy atom. The summed E-state index contributed by atoms with van der Waals surface area (Å²) in [6.45, 7) is 0.458. The van der Waals surface area contributed by atoms with Crippen LogP contribution in [0.25, 0.3) is 0 Å². The highest BCUT2D eigenvalue weighted by molar-refractivity contribution is 5.98. The highest BCUT2D eigenvalue weighted by Gasteiger charge is 2.11. The Bertz CT molecular complexity index is 478. The number of nitrogens with two attached hydrogens (primary N) is 1. The topological polar surface area (TPSA) is 100 Å². The van der Waals surface area contributed by atoms with Crippen LogP contribution in [0, 0.1) is 5.82 Å². The number of amides is 3. The number of halogens is 1. The number of nitrogens with one attached hydrogen (secondary N) is 2. The molecule has 1 aromatic rings. The maximum atomic E-state index is 12.9. The number of rotatable bonds is 4. The van der Waals surface area contributed by atoms with Gasteiger partial charge in [0.05, 0.1) is 11.8 Å². The third-order valence-corrected chi connectivity index (χ3v) is 2.22. The Balaban J connectivity index is 2.44. The van der Waals surface area contributed by atoms with Gasteiger partial charge in [-0.3, -0.25) is 4.79 Å². The molecule has 0 fully saturated rings. The van der Waals surface area contributed by atoms with Gasteiger partial charge >= 0.3 is 6.03 Å². The fraction of sp³-hybridized carbons (Fsp3) is 0.364. The maximum Gasteiger partial charge on any atom is 0.316 e. The van der Waals surface area contributed by atoms with E-state index in [1.165, 1.54) is 4.90 Å². The minimum absolute atomic E-state index is 0.0288. The summed E-state index contributed by atoms with van der Waals surface area (Å²) in [5.74, 6) is -1.22. The first-order valence-electron chi connectivity index (χ1n) is 5.56. The lowest BCUT2D eigenvalue weighted by atomic mass is 10.2. The first kappa shape index (κ1) is 14.7. The van der Waals surface area contributed by atoms with Gasteiger partial charge in [-0.25, -0.2) is 14.2 Å². The lowest BCUT2D eigenvalue weighted by molar-refractivity contribution is 0.0954. The molecule has 0 atom stereocenters. The van der Waals surface area contributed by atoms with Crippen LogP contribution in [0.2, 0.25) is 0 Å². The number of urea groups is 1. The van der Waals surface area contributed by atoms with Gasteiger partial charge in [-0.05, 0) is 6.07 Å². The number of carbonyl (C=O) groups excluding carboxylic acids is 2. The van der Waals surface area contributed by atoms with Crippen molar-refractivity contribution in [2.24, 2.45) is 0 Å². The summed E-state index contributed by atoms with van der Waals surface area (Å²) in [5.41, 5.74) is 5.44. The van der Waals surface area contributed by atoms with E-state index in [2.05, 4.69) is 15.6 Å². The third kappa shape index (κ3) is 4.41. The molecule has 0 aliphatic heterocycles. The summed E-state index contributed by atoms with van der Waals surface area (Å²) < 4.78 is 12.9. The summed E-state index contributed by atoms with van der Waals surface area (Å²) >= 11 is 0. The predicted molar refractivity (Wildman–Crippen MR) is 68.0 cm³/mol. The fourth-order valence-electron chi connectivity index (χ4n) is 1.23. The number of nitrogens with zero attached hydrogens (tertiary/aromatic N) is 2. The number of anilines is 1. The van der Waals surface area contributed by atoms with Crippen molar-refractivity contribution in [3.8, 4) is 0 Å². The Morgan fingerprint density at radius 1 is 1.37 bits per heavy atom. The van der Waals surface area contributed by atoms with E-state index in [0.29, 0.717) is 0 Å². The first-order chi connectivity index (χ1) is 8.91. The molecule has 1 aromatic heterocycles. The van der Waals surface area contributed by atoms with Gasteiger partial charge in [0.15, 0.2) is 0 Å². The first-order valence-corrected chi connectivity index (χ1v) is 5.56. The van der Waals surface area contributed by atoms with Crippen molar-refractivity contribution in [1.82, 2.24) is 20.5 Å². The van der Waals surface area contributed by atoms with Gasteiger partial charge < -0.3 is 21.3 Å². The van der Waals surface area contributed by atoms with Gasteiger partial charge in [-0.15, -0.1) is 0 Å². The Hall–Kier alpha value is -2.38. The number of nitrogen functional groups attached to an aromatic ring is 1. The second-order valence-corrected chi connectivity index (χ2v) is 3.97. The highest BCUT2D eigenvalue weighted by atomic mass is 19.1. The van der Waals surface area contributed by atoms with Crippen LogP contribution in [-0.2, 0) is 0 Å². The molecule has 1 rings (SSSR count). The Kier molecular flexibility index (Phi) is 5.04. The number of carbonyl (C=O) groups is 2. The molecule has 0 radical (unpaired) electrons.